The highest BCUT2D eigenvalue weighted by Crippen LogP contribution is 2.18. The second-order valence-corrected chi connectivity index (χ2v) is 5.62. The number of benzene rings is 2. The Morgan fingerprint density at radius 3 is 2.57 bits per heavy atom. The van der Waals surface area contributed by atoms with Gasteiger partial charge >= 0.3 is 6.03 Å². The first-order valence-corrected chi connectivity index (χ1v) is 7.71. The number of ether oxygens (including phenoxy) is 1. The maximum absolute atomic E-state index is 12.0. The third-order valence-corrected chi connectivity index (χ3v) is 3.80. The number of carbonyl (C=O) groups excluding carboxylic acids is 1. The highest BCUT2D eigenvalue weighted by atomic mass is 16.5. The Bertz CT molecular complexity index is 643. The van der Waals surface area contributed by atoms with Crippen LogP contribution in [0.5, 0.6) is 5.75 Å². The van der Waals surface area contributed by atoms with Crippen molar-refractivity contribution < 1.29 is 14.6 Å². The van der Waals surface area contributed by atoms with Crippen LogP contribution in [0.2, 0.25) is 0 Å². The summed E-state index contributed by atoms with van der Waals surface area (Å²) in [5.41, 5.74) is 1.82. The molecule has 0 aliphatic carbocycles. The molecule has 0 unspecified atom stereocenters. The van der Waals surface area contributed by atoms with Crippen LogP contribution in [0.4, 0.5) is 10.5 Å². The van der Waals surface area contributed by atoms with E-state index in [4.69, 9.17) is 4.74 Å². The molecule has 1 heterocycles. The molecule has 1 saturated heterocycles. The third kappa shape index (κ3) is 4.23. The van der Waals surface area contributed by atoms with Crippen molar-refractivity contribution in [3.8, 4) is 5.75 Å². The number of hydrogen-bond donors (Lipinski definition) is 2. The molecule has 0 radical (unpaired) electrons. The van der Waals surface area contributed by atoms with Gasteiger partial charge in [0.05, 0.1) is 6.10 Å². The Balaban J connectivity index is 1.51. The predicted octanol–water partition coefficient (Wildman–Crippen LogP) is 2.86. The van der Waals surface area contributed by atoms with Gasteiger partial charge < -0.3 is 20.1 Å². The van der Waals surface area contributed by atoms with E-state index < -0.39 is 6.10 Å². The van der Waals surface area contributed by atoms with Crippen LogP contribution >= 0.6 is 0 Å². The van der Waals surface area contributed by atoms with E-state index in [1.54, 1.807) is 4.90 Å². The van der Waals surface area contributed by atoms with Gasteiger partial charge in [-0.05, 0) is 36.2 Å². The Morgan fingerprint density at radius 2 is 1.91 bits per heavy atom. The van der Waals surface area contributed by atoms with E-state index in [1.807, 2.05) is 54.6 Å². The van der Waals surface area contributed by atoms with E-state index in [0.717, 1.165) is 11.3 Å². The van der Waals surface area contributed by atoms with Crippen molar-refractivity contribution in [3.05, 3.63) is 60.2 Å². The van der Waals surface area contributed by atoms with Crippen LogP contribution < -0.4 is 10.1 Å². The average Bonchev–Trinajstić information content (AvgIpc) is 3.02. The molecule has 120 valence electrons. The number of rotatable bonds is 4. The molecule has 1 aliphatic rings. The van der Waals surface area contributed by atoms with Crippen LogP contribution in [-0.4, -0.2) is 35.2 Å². The molecule has 2 amide bonds. The van der Waals surface area contributed by atoms with Gasteiger partial charge in [-0.2, -0.15) is 0 Å². The van der Waals surface area contributed by atoms with Crippen LogP contribution in [0.15, 0.2) is 54.6 Å². The number of aliphatic hydroxyl groups is 1. The SMILES string of the molecule is O=C(Nc1ccc(OCc2ccccc2)cc1)N1CC[C@@H](O)C1. The van der Waals surface area contributed by atoms with Gasteiger partial charge in [-0.25, -0.2) is 4.79 Å². The highest BCUT2D eigenvalue weighted by Gasteiger charge is 2.24. The zero-order valence-corrected chi connectivity index (χ0v) is 12.8. The molecule has 3 rings (SSSR count). The topological polar surface area (TPSA) is 61.8 Å². The van der Waals surface area contributed by atoms with Gasteiger partial charge in [-0.3, -0.25) is 0 Å². The fourth-order valence-electron chi connectivity index (χ4n) is 2.50. The molecular weight excluding hydrogens is 292 g/mol. The summed E-state index contributed by atoms with van der Waals surface area (Å²) in [6.07, 6.45) is 0.231. The Morgan fingerprint density at radius 1 is 1.17 bits per heavy atom. The molecule has 2 aromatic carbocycles. The smallest absolute Gasteiger partial charge is 0.321 e. The minimum Gasteiger partial charge on any atom is -0.489 e. The molecular formula is C18H20N2O3. The molecule has 1 aliphatic heterocycles. The number of carbonyl (C=O) groups is 1. The highest BCUT2D eigenvalue weighted by molar-refractivity contribution is 5.89. The molecule has 0 saturated carbocycles. The quantitative estimate of drug-likeness (QED) is 0.912. The molecule has 1 atom stereocenters. The maximum Gasteiger partial charge on any atom is 0.321 e. The summed E-state index contributed by atoms with van der Waals surface area (Å²) in [6, 6.07) is 17.1. The van der Waals surface area contributed by atoms with Crippen molar-refractivity contribution >= 4 is 11.7 Å². The summed E-state index contributed by atoms with van der Waals surface area (Å²) in [4.78, 5) is 13.6. The maximum atomic E-state index is 12.0. The summed E-state index contributed by atoms with van der Waals surface area (Å²) < 4.78 is 5.71. The first-order valence-electron chi connectivity index (χ1n) is 7.71. The predicted molar refractivity (Wildman–Crippen MR) is 88.4 cm³/mol. The molecule has 0 bridgehead atoms. The molecule has 5 nitrogen and oxygen atoms in total. The fourth-order valence-corrected chi connectivity index (χ4v) is 2.50. The van der Waals surface area contributed by atoms with Gasteiger partial charge in [0, 0.05) is 18.8 Å². The standard InChI is InChI=1S/C18H20N2O3/c21-16-10-11-20(12-16)18(22)19-15-6-8-17(9-7-15)23-13-14-4-2-1-3-5-14/h1-9,16,21H,10-13H2,(H,19,22)/t16-/m1/s1. The number of amides is 2. The monoisotopic (exact) mass is 312 g/mol. The molecule has 2 aromatic rings. The summed E-state index contributed by atoms with van der Waals surface area (Å²) >= 11 is 0. The molecule has 0 aromatic heterocycles. The van der Waals surface area contributed by atoms with E-state index in [9.17, 15) is 9.90 Å². The van der Waals surface area contributed by atoms with Crippen LogP contribution in [0.25, 0.3) is 0 Å². The number of nitrogens with zero attached hydrogens (tertiary/aromatic N) is 1. The lowest BCUT2D eigenvalue weighted by Crippen LogP contribution is -2.33. The number of nitrogens with one attached hydrogen (secondary N) is 1. The molecule has 0 spiro atoms. The largest absolute Gasteiger partial charge is 0.489 e. The van der Waals surface area contributed by atoms with E-state index >= 15 is 0 Å². The van der Waals surface area contributed by atoms with Gasteiger partial charge in [-0.15, -0.1) is 0 Å². The lowest BCUT2D eigenvalue weighted by Gasteiger charge is -2.16. The number of likely N-dealkylation sites (tertiary alicyclic amines) is 1. The third-order valence-electron chi connectivity index (χ3n) is 3.80. The first-order chi connectivity index (χ1) is 11.2. The zero-order valence-electron chi connectivity index (χ0n) is 12.8. The summed E-state index contributed by atoms with van der Waals surface area (Å²) in [6.45, 7) is 1.49. The van der Waals surface area contributed by atoms with Crippen LogP contribution in [-0.2, 0) is 6.61 Å². The van der Waals surface area contributed by atoms with Gasteiger partial charge in [-0.1, -0.05) is 30.3 Å². The molecule has 2 N–H and O–H groups in total. The van der Waals surface area contributed by atoms with Crippen LogP contribution in [0.1, 0.15) is 12.0 Å². The lowest BCUT2D eigenvalue weighted by atomic mass is 10.2. The molecule has 23 heavy (non-hydrogen) atoms. The van der Waals surface area contributed by atoms with Crippen molar-refractivity contribution in [3.63, 3.8) is 0 Å². The van der Waals surface area contributed by atoms with Crippen molar-refractivity contribution in [2.75, 3.05) is 18.4 Å². The Hall–Kier alpha value is -2.53. The second-order valence-electron chi connectivity index (χ2n) is 5.62. The van der Waals surface area contributed by atoms with Gasteiger partial charge in [0.25, 0.3) is 0 Å². The lowest BCUT2D eigenvalue weighted by molar-refractivity contribution is 0.176. The summed E-state index contributed by atoms with van der Waals surface area (Å²) in [5.74, 6) is 0.753. The van der Waals surface area contributed by atoms with E-state index in [0.29, 0.717) is 31.8 Å². The van der Waals surface area contributed by atoms with Crippen molar-refractivity contribution in [1.29, 1.82) is 0 Å². The minimum atomic E-state index is -0.408. The first kappa shape index (κ1) is 15.4. The van der Waals surface area contributed by atoms with Crippen molar-refractivity contribution in [1.82, 2.24) is 4.90 Å². The number of anilines is 1. The Labute approximate surface area is 135 Å². The van der Waals surface area contributed by atoms with Crippen LogP contribution in [0.3, 0.4) is 0 Å². The minimum absolute atomic E-state index is 0.181. The van der Waals surface area contributed by atoms with Crippen LogP contribution in [0, 0.1) is 0 Å². The Kier molecular flexibility index (Phi) is 4.78. The van der Waals surface area contributed by atoms with E-state index in [-0.39, 0.29) is 6.03 Å². The van der Waals surface area contributed by atoms with Crippen molar-refractivity contribution in [2.24, 2.45) is 0 Å². The molecule has 1 fully saturated rings. The summed E-state index contributed by atoms with van der Waals surface area (Å²) in [7, 11) is 0. The fraction of sp³-hybridized carbons (Fsp3) is 0.278. The van der Waals surface area contributed by atoms with Gasteiger partial charge in [0.15, 0.2) is 0 Å². The number of β-amino-alcohol motifs (C(OH)–C–C–N with tert-alkyl or cyclic N) is 1. The van der Waals surface area contributed by atoms with Gasteiger partial charge in [0.2, 0.25) is 0 Å². The zero-order chi connectivity index (χ0) is 16.1. The second kappa shape index (κ2) is 7.15. The van der Waals surface area contributed by atoms with E-state index in [2.05, 4.69) is 5.32 Å². The van der Waals surface area contributed by atoms with Gasteiger partial charge in [0.1, 0.15) is 12.4 Å². The normalized spacial score (nSPS) is 17.1. The molecule has 5 heteroatoms. The number of aliphatic hydroxyl groups excluding tert-OH is 1. The summed E-state index contributed by atoms with van der Waals surface area (Å²) in [5, 5.41) is 12.3. The van der Waals surface area contributed by atoms with E-state index in [1.165, 1.54) is 0 Å². The van der Waals surface area contributed by atoms with Crippen molar-refractivity contribution in [2.45, 2.75) is 19.1 Å². The number of hydrogen-bond acceptors (Lipinski definition) is 3. The number of urea groups is 1. The average molecular weight is 312 g/mol.